The van der Waals surface area contributed by atoms with E-state index in [4.69, 9.17) is 5.73 Å². The summed E-state index contributed by atoms with van der Waals surface area (Å²) in [7, 11) is 1.15. The SMILES string of the molecule is COC(=O)c1cc(CC2=CCC3=CC(N)CC3=C2)cc(C(F)(F)F)c1. The van der Waals surface area contributed by atoms with Gasteiger partial charge in [-0.25, -0.2) is 4.79 Å². The standard InChI is InChI=1S/C19H18F3NO2/c1-25-18(24)15-6-12(7-16(8-15)19(20,21)22)4-11-2-3-13-9-17(23)10-14(13)5-11/h2,5-9,17H,3-4,10,23H2,1H3. The largest absolute Gasteiger partial charge is 0.465 e. The summed E-state index contributed by atoms with van der Waals surface area (Å²) in [4.78, 5) is 11.7. The van der Waals surface area contributed by atoms with Crippen molar-refractivity contribution in [1.29, 1.82) is 0 Å². The van der Waals surface area contributed by atoms with Gasteiger partial charge < -0.3 is 10.5 Å². The fourth-order valence-corrected chi connectivity index (χ4v) is 3.24. The molecule has 2 aliphatic carbocycles. The minimum Gasteiger partial charge on any atom is -0.465 e. The Balaban J connectivity index is 1.90. The first-order valence-electron chi connectivity index (χ1n) is 7.92. The number of methoxy groups -OCH3 is 1. The average Bonchev–Trinajstić information content (AvgIpc) is 2.92. The number of esters is 1. The Hall–Kier alpha value is -2.34. The lowest BCUT2D eigenvalue weighted by molar-refractivity contribution is -0.137. The fourth-order valence-electron chi connectivity index (χ4n) is 3.24. The van der Waals surface area contributed by atoms with Crippen LogP contribution >= 0.6 is 0 Å². The predicted octanol–water partition coefficient (Wildman–Crippen LogP) is 3.95. The van der Waals surface area contributed by atoms with E-state index in [9.17, 15) is 18.0 Å². The van der Waals surface area contributed by atoms with E-state index in [-0.39, 0.29) is 11.6 Å². The van der Waals surface area contributed by atoms with Crippen LogP contribution in [0.2, 0.25) is 0 Å². The summed E-state index contributed by atoms with van der Waals surface area (Å²) in [6.45, 7) is 0. The van der Waals surface area contributed by atoms with Gasteiger partial charge in [-0.1, -0.05) is 18.2 Å². The molecule has 0 bridgehead atoms. The zero-order chi connectivity index (χ0) is 18.2. The number of halogens is 3. The van der Waals surface area contributed by atoms with Crippen molar-refractivity contribution in [2.45, 2.75) is 31.5 Å². The van der Waals surface area contributed by atoms with E-state index in [1.807, 2.05) is 18.2 Å². The van der Waals surface area contributed by atoms with Gasteiger partial charge in [0.2, 0.25) is 0 Å². The minimum absolute atomic E-state index is 0.00786. The van der Waals surface area contributed by atoms with Crippen LogP contribution in [0.1, 0.15) is 34.3 Å². The maximum absolute atomic E-state index is 13.1. The Labute approximate surface area is 143 Å². The van der Waals surface area contributed by atoms with Gasteiger partial charge in [0, 0.05) is 6.04 Å². The van der Waals surface area contributed by atoms with Crippen LogP contribution in [-0.2, 0) is 17.3 Å². The highest BCUT2D eigenvalue weighted by Gasteiger charge is 2.32. The van der Waals surface area contributed by atoms with Crippen LogP contribution in [0, 0.1) is 0 Å². The van der Waals surface area contributed by atoms with Crippen LogP contribution < -0.4 is 5.73 Å². The molecule has 2 aliphatic rings. The maximum atomic E-state index is 13.1. The molecule has 0 saturated carbocycles. The van der Waals surface area contributed by atoms with Crippen molar-refractivity contribution < 1.29 is 22.7 Å². The number of hydrogen-bond donors (Lipinski definition) is 1. The zero-order valence-electron chi connectivity index (χ0n) is 13.7. The van der Waals surface area contributed by atoms with Crippen molar-refractivity contribution >= 4 is 5.97 Å². The monoisotopic (exact) mass is 349 g/mol. The average molecular weight is 349 g/mol. The molecule has 0 spiro atoms. The highest BCUT2D eigenvalue weighted by molar-refractivity contribution is 5.89. The van der Waals surface area contributed by atoms with E-state index in [0.717, 1.165) is 43.2 Å². The van der Waals surface area contributed by atoms with E-state index in [1.165, 1.54) is 11.6 Å². The van der Waals surface area contributed by atoms with Crippen LogP contribution in [0.3, 0.4) is 0 Å². The molecule has 1 atom stereocenters. The summed E-state index contributed by atoms with van der Waals surface area (Å²) in [6.07, 6.45) is 3.29. The van der Waals surface area contributed by atoms with E-state index in [0.29, 0.717) is 12.0 Å². The number of carbonyl (C=O) groups excluding carboxylic acids is 1. The summed E-state index contributed by atoms with van der Waals surface area (Å²) in [5.74, 6) is -0.782. The van der Waals surface area contributed by atoms with Gasteiger partial charge >= 0.3 is 12.1 Å². The van der Waals surface area contributed by atoms with Crippen LogP contribution in [0.25, 0.3) is 0 Å². The third-order valence-electron chi connectivity index (χ3n) is 4.38. The van der Waals surface area contributed by atoms with E-state index in [1.54, 1.807) is 0 Å². The van der Waals surface area contributed by atoms with Crippen molar-refractivity contribution in [3.05, 3.63) is 69.8 Å². The van der Waals surface area contributed by atoms with Gasteiger partial charge in [0.05, 0.1) is 18.2 Å². The topological polar surface area (TPSA) is 52.3 Å². The molecule has 0 amide bonds. The minimum atomic E-state index is -4.52. The number of alkyl halides is 3. The Morgan fingerprint density at radius 2 is 2.04 bits per heavy atom. The van der Waals surface area contributed by atoms with Gasteiger partial charge in [-0.2, -0.15) is 13.2 Å². The molecule has 6 heteroatoms. The zero-order valence-corrected chi connectivity index (χ0v) is 13.7. The first-order chi connectivity index (χ1) is 11.8. The number of fused-ring (bicyclic) bond motifs is 1. The summed E-state index contributed by atoms with van der Waals surface area (Å²) in [5, 5.41) is 0. The second-order valence-electron chi connectivity index (χ2n) is 6.30. The first-order valence-corrected chi connectivity index (χ1v) is 7.92. The van der Waals surface area contributed by atoms with Crippen molar-refractivity contribution in [3.63, 3.8) is 0 Å². The Morgan fingerprint density at radius 1 is 1.28 bits per heavy atom. The van der Waals surface area contributed by atoms with Crippen LogP contribution in [0.15, 0.2) is 53.1 Å². The van der Waals surface area contributed by atoms with Gasteiger partial charge in [-0.05, 0) is 59.7 Å². The van der Waals surface area contributed by atoms with Crippen molar-refractivity contribution in [1.82, 2.24) is 0 Å². The molecule has 0 radical (unpaired) electrons. The molecule has 1 aromatic carbocycles. The Kier molecular flexibility index (Phi) is 4.56. The van der Waals surface area contributed by atoms with Gasteiger partial charge in [-0.3, -0.25) is 0 Å². The number of allylic oxidation sites excluding steroid dienone is 4. The molecule has 0 saturated heterocycles. The highest BCUT2D eigenvalue weighted by Crippen LogP contribution is 2.35. The van der Waals surface area contributed by atoms with Crippen molar-refractivity contribution in [3.8, 4) is 0 Å². The molecule has 2 N–H and O–H groups in total. The van der Waals surface area contributed by atoms with Gasteiger partial charge in [-0.15, -0.1) is 0 Å². The lowest BCUT2D eigenvalue weighted by Gasteiger charge is -2.15. The molecular formula is C19H18F3NO2. The number of hydrogen-bond acceptors (Lipinski definition) is 3. The van der Waals surface area contributed by atoms with E-state index >= 15 is 0 Å². The number of benzene rings is 1. The lowest BCUT2D eigenvalue weighted by atomic mass is 9.91. The molecule has 0 aromatic heterocycles. The summed E-state index contributed by atoms with van der Waals surface area (Å²) in [6, 6.07) is 3.36. The molecule has 0 heterocycles. The molecule has 1 unspecified atom stereocenters. The molecule has 25 heavy (non-hydrogen) atoms. The lowest BCUT2D eigenvalue weighted by Crippen LogP contribution is -2.12. The molecule has 3 nitrogen and oxygen atoms in total. The molecule has 132 valence electrons. The molecule has 0 aliphatic heterocycles. The third kappa shape index (κ3) is 3.85. The second-order valence-corrected chi connectivity index (χ2v) is 6.30. The normalized spacial score (nSPS) is 19.7. The number of carbonyl (C=O) groups is 1. The van der Waals surface area contributed by atoms with Crippen molar-refractivity contribution in [2.75, 3.05) is 7.11 Å². The summed E-state index contributed by atoms with van der Waals surface area (Å²) in [5.41, 5.74) is 8.65. The second kappa shape index (κ2) is 6.52. The van der Waals surface area contributed by atoms with Gasteiger partial charge in [0.1, 0.15) is 0 Å². The number of nitrogens with two attached hydrogens (primary N) is 1. The van der Waals surface area contributed by atoms with Crippen LogP contribution in [0.5, 0.6) is 0 Å². The van der Waals surface area contributed by atoms with E-state index in [2.05, 4.69) is 4.74 Å². The maximum Gasteiger partial charge on any atom is 0.416 e. The molecule has 3 rings (SSSR count). The number of rotatable bonds is 3. The predicted molar refractivity (Wildman–Crippen MR) is 87.9 cm³/mol. The molecule has 1 aromatic rings. The quantitative estimate of drug-likeness (QED) is 0.841. The summed E-state index contributed by atoms with van der Waals surface area (Å²) < 4.78 is 43.9. The van der Waals surface area contributed by atoms with Crippen molar-refractivity contribution in [2.24, 2.45) is 5.73 Å². The van der Waals surface area contributed by atoms with Gasteiger partial charge in [0.15, 0.2) is 0 Å². The van der Waals surface area contributed by atoms with Crippen LogP contribution in [0.4, 0.5) is 13.2 Å². The Bertz CT molecular complexity index is 803. The molecule has 0 fully saturated rings. The number of ether oxygens (including phenoxy) is 1. The first kappa shape index (κ1) is 17.5. The summed E-state index contributed by atoms with van der Waals surface area (Å²) >= 11 is 0. The smallest absolute Gasteiger partial charge is 0.416 e. The Morgan fingerprint density at radius 3 is 2.72 bits per heavy atom. The van der Waals surface area contributed by atoms with Gasteiger partial charge in [0.25, 0.3) is 0 Å². The fraction of sp³-hybridized carbons (Fsp3) is 0.316. The molecular weight excluding hydrogens is 331 g/mol. The third-order valence-corrected chi connectivity index (χ3v) is 4.38. The highest BCUT2D eigenvalue weighted by atomic mass is 19.4. The van der Waals surface area contributed by atoms with Crippen LogP contribution in [-0.4, -0.2) is 19.1 Å². The van der Waals surface area contributed by atoms with E-state index < -0.39 is 17.7 Å².